The van der Waals surface area contributed by atoms with Gasteiger partial charge in [-0.05, 0) is 25.7 Å². The fraction of sp³-hybridized carbons (Fsp3) is 0.800. The van der Waals surface area contributed by atoms with E-state index in [1.807, 2.05) is 6.20 Å². The van der Waals surface area contributed by atoms with Crippen LogP contribution in [0.25, 0.3) is 0 Å². The number of aromatic nitrogens is 1. The molecule has 2 rings (SSSR count). The lowest BCUT2D eigenvalue weighted by Crippen LogP contribution is -2.47. The zero-order chi connectivity index (χ0) is 14.4. The second-order valence-electron chi connectivity index (χ2n) is 6.12. The van der Waals surface area contributed by atoms with Crippen molar-refractivity contribution >= 4 is 16.5 Å². The summed E-state index contributed by atoms with van der Waals surface area (Å²) in [6, 6.07) is 0.351. The lowest BCUT2D eigenvalue weighted by atomic mass is 10.0. The molecule has 1 saturated heterocycles. The Bertz CT molecular complexity index is 358. The van der Waals surface area contributed by atoms with Gasteiger partial charge in [0, 0.05) is 50.3 Å². The highest BCUT2D eigenvalue weighted by atomic mass is 32.1. The van der Waals surface area contributed by atoms with Crippen LogP contribution in [-0.2, 0) is 0 Å². The zero-order valence-corrected chi connectivity index (χ0v) is 13.6. The van der Waals surface area contributed by atoms with Gasteiger partial charge in [-0.1, -0.05) is 13.3 Å². The van der Waals surface area contributed by atoms with Crippen molar-refractivity contribution < 1.29 is 0 Å². The van der Waals surface area contributed by atoms with Crippen molar-refractivity contribution in [1.82, 2.24) is 9.88 Å². The van der Waals surface area contributed by atoms with Gasteiger partial charge in [0.15, 0.2) is 5.13 Å². The highest BCUT2D eigenvalue weighted by Crippen LogP contribution is 2.19. The fourth-order valence-electron chi connectivity index (χ4n) is 2.81. The molecule has 0 aromatic carbocycles. The average molecular weight is 296 g/mol. The third-order valence-corrected chi connectivity index (χ3v) is 4.82. The molecule has 0 radical (unpaired) electrons. The van der Waals surface area contributed by atoms with Crippen molar-refractivity contribution in [1.29, 1.82) is 0 Å². The van der Waals surface area contributed by atoms with Gasteiger partial charge in [0.1, 0.15) is 0 Å². The zero-order valence-electron chi connectivity index (χ0n) is 12.8. The standard InChI is InChI=1S/C15H28N4S/c1-13(4-3-5-14(2)16)12-18-7-9-19(10-8-18)15-17-6-11-20-15/h6,11,13-14H,3-5,7-10,12,16H2,1-2H3. The summed E-state index contributed by atoms with van der Waals surface area (Å²) in [7, 11) is 0. The van der Waals surface area contributed by atoms with Crippen LogP contribution in [0.15, 0.2) is 11.6 Å². The molecule has 4 nitrogen and oxygen atoms in total. The van der Waals surface area contributed by atoms with Crippen molar-refractivity contribution in [3.8, 4) is 0 Å². The van der Waals surface area contributed by atoms with E-state index in [1.54, 1.807) is 11.3 Å². The monoisotopic (exact) mass is 296 g/mol. The number of nitrogens with two attached hydrogens (primary N) is 1. The first-order valence-corrected chi connectivity index (χ1v) is 8.65. The molecule has 0 amide bonds. The number of anilines is 1. The molecule has 2 atom stereocenters. The minimum Gasteiger partial charge on any atom is -0.346 e. The van der Waals surface area contributed by atoms with E-state index in [2.05, 4.69) is 34.0 Å². The maximum atomic E-state index is 5.80. The number of nitrogens with zero attached hydrogens (tertiary/aromatic N) is 3. The number of hydrogen-bond donors (Lipinski definition) is 1. The topological polar surface area (TPSA) is 45.4 Å². The molecule has 0 aliphatic carbocycles. The van der Waals surface area contributed by atoms with Gasteiger partial charge in [0.2, 0.25) is 0 Å². The molecule has 1 aromatic heterocycles. The Morgan fingerprint density at radius 1 is 1.25 bits per heavy atom. The minimum atomic E-state index is 0.351. The normalized spacial score (nSPS) is 20.1. The molecule has 114 valence electrons. The molecule has 0 saturated carbocycles. The Balaban J connectivity index is 1.64. The van der Waals surface area contributed by atoms with Crippen LogP contribution in [0.4, 0.5) is 5.13 Å². The van der Waals surface area contributed by atoms with E-state index < -0.39 is 0 Å². The second-order valence-corrected chi connectivity index (χ2v) is 6.99. The summed E-state index contributed by atoms with van der Waals surface area (Å²) in [6.07, 6.45) is 5.61. The summed E-state index contributed by atoms with van der Waals surface area (Å²) in [5.74, 6) is 0.778. The number of hydrogen-bond acceptors (Lipinski definition) is 5. The van der Waals surface area contributed by atoms with Crippen LogP contribution < -0.4 is 10.6 Å². The molecule has 0 bridgehead atoms. The summed E-state index contributed by atoms with van der Waals surface area (Å²) in [5, 5.41) is 3.23. The van der Waals surface area contributed by atoms with E-state index in [-0.39, 0.29) is 0 Å². The molecule has 1 aliphatic heterocycles. The van der Waals surface area contributed by atoms with Gasteiger partial charge < -0.3 is 10.6 Å². The van der Waals surface area contributed by atoms with Crippen molar-refractivity contribution in [3.05, 3.63) is 11.6 Å². The minimum absolute atomic E-state index is 0.351. The number of rotatable bonds is 7. The van der Waals surface area contributed by atoms with E-state index >= 15 is 0 Å². The Labute approximate surface area is 127 Å². The Hall–Kier alpha value is -0.650. The van der Waals surface area contributed by atoms with Crippen LogP contribution in [0.5, 0.6) is 0 Å². The van der Waals surface area contributed by atoms with Crippen LogP contribution >= 0.6 is 11.3 Å². The summed E-state index contributed by atoms with van der Waals surface area (Å²) >= 11 is 1.74. The largest absolute Gasteiger partial charge is 0.346 e. The molecule has 2 heterocycles. The molecule has 2 unspecified atom stereocenters. The molecule has 2 N–H and O–H groups in total. The lowest BCUT2D eigenvalue weighted by Gasteiger charge is -2.35. The van der Waals surface area contributed by atoms with Crippen LogP contribution in [0.2, 0.25) is 0 Å². The lowest BCUT2D eigenvalue weighted by molar-refractivity contribution is 0.218. The molecule has 1 fully saturated rings. The highest BCUT2D eigenvalue weighted by Gasteiger charge is 2.19. The Kier molecular flexibility index (Phi) is 6.26. The van der Waals surface area contributed by atoms with Crippen LogP contribution in [0.3, 0.4) is 0 Å². The van der Waals surface area contributed by atoms with Gasteiger partial charge in [-0.3, -0.25) is 4.90 Å². The van der Waals surface area contributed by atoms with E-state index in [0.717, 1.165) is 38.5 Å². The summed E-state index contributed by atoms with van der Waals surface area (Å²) in [6.45, 7) is 10.2. The van der Waals surface area contributed by atoms with E-state index in [9.17, 15) is 0 Å². The Morgan fingerprint density at radius 2 is 2.00 bits per heavy atom. The molecule has 5 heteroatoms. The quantitative estimate of drug-likeness (QED) is 0.839. The molecule has 1 aliphatic rings. The van der Waals surface area contributed by atoms with Gasteiger partial charge in [-0.15, -0.1) is 11.3 Å². The highest BCUT2D eigenvalue weighted by molar-refractivity contribution is 7.13. The van der Waals surface area contributed by atoms with Crippen LogP contribution in [0.1, 0.15) is 33.1 Å². The molecule has 20 heavy (non-hydrogen) atoms. The number of piperazine rings is 1. The van der Waals surface area contributed by atoms with Gasteiger partial charge >= 0.3 is 0 Å². The summed E-state index contributed by atoms with van der Waals surface area (Å²) < 4.78 is 0. The van der Waals surface area contributed by atoms with Crippen LogP contribution in [-0.4, -0.2) is 48.6 Å². The molecular weight excluding hydrogens is 268 g/mol. The molecular formula is C15H28N4S. The van der Waals surface area contributed by atoms with E-state index in [1.165, 1.54) is 24.5 Å². The van der Waals surface area contributed by atoms with Gasteiger partial charge in [0.25, 0.3) is 0 Å². The second kappa shape index (κ2) is 7.96. The SMILES string of the molecule is CC(N)CCCC(C)CN1CCN(c2nccs2)CC1. The smallest absolute Gasteiger partial charge is 0.185 e. The Morgan fingerprint density at radius 3 is 2.60 bits per heavy atom. The van der Waals surface area contributed by atoms with Gasteiger partial charge in [-0.25, -0.2) is 4.98 Å². The third-order valence-electron chi connectivity index (χ3n) is 3.99. The molecule has 1 aromatic rings. The van der Waals surface area contributed by atoms with Gasteiger partial charge in [-0.2, -0.15) is 0 Å². The number of thiazole rings is 1. The first kappa shape index (κ1) is 15.7. The summed E-state index contributed by atoms with van der Waals surface area (Å²) in [4.78, 5) is 9.40. The predicted octanol–water partition coefficient (Wildman–Crippen LogP) is 2.42. The van der Waals surface area contributed by atoms with Crippen molar-refractivity contribution in [3.63, 3.8) is 0 Å². The first-order valence-electron chi connectivity index (χ1n) is 7.77. The maximum absolute atomic E-state index is 5.80. The van der Waals surface area contributed by atoms with Crippen molar-refractivity contribution in [2.75, 3.05) is 37.6 Å². The fourth-order valence-corrected chi connectivity index (χ4v) is 3.51. The predicted molar refractivity (Wildman–Crippen MR) is 87.4 cm³/mol. The van der Waals surface area contributed by atoms with E-state index in [0.29, 0.717) is 6.04 Å². The summed E-state index contributed by atoms with van der Waals surface area (Å²) in [5.41, 5.74) is 5.80. The van der Waals surface area contributed by atoms with Crippen molar-refractivity contribution in [2.24, 2.45) is 11.7 Å². The molecule has 0 spiro atoms. The van der Waals surface area contributed by atoms with E-state index in [4.69, 9.17) is 5.73 Å². The average Bonchev–Trinajstić information content (AvgIpc) is 2.93. The van der Waals surface area contributed by atoms with Crippen LogP contribution in [0, 0.1) is 5.92 Å². The third kappa shape index (κ3) is 5.04. The maximum Gasteiger partial charge on any atom is 0.185 e. The first-order chi connectivity index (χ1) is 9.65. The van der Waals surface area contributed by atoms with Gasteiger partial charge in [0.05, 0.1) is 0 Å². The van der Waals surface area contributed by atoms with Crippen molar-refractivity contribution in [2.45, 2.75) is 39.2 Å².